The average molecular weight is 469 g/mol. The molecule has 1 atom stereocenters. The van der Waals surface area contributed by atoms with Crippen LogP contribution in [-0.4, -0.2) is 38.8 Å². The molecule has 3 rings (SSSR count). The van der Waals surface area contributed by atoms with Gasteiger partial charge in [-0.3, -0.25) is 9.59 Å². The van der Waals surface area contributed by atoms with E-state index in [9.17, 15) is 18.0 Å². The number of rotatable bonds is 6. The molecule has 0 aromatic heterocycles. The Labute approximate surface area is 184 Å². The van der Waals surface area contributed by atoms with Gasteiger partial charge in [0.15, 0.2) is 9.84 Å². The zero-order valence-electron chi connectivity index (χ0n) is 16.4. The van der Waals surface area contributed by atoms with Crippen LogP contribution in [0.5, 0.6) is 5.75 Å². The van der Waals surface area contributed by atoms with Gasteiger partial charge in [0.05, 0.1) is 29.1 Å². The summed E-state index contributed by atoms with van der Waals surface area (Å²) in [4.78, 5) is 25.2. The molecule has 7 nitrogen and oxygen atoms in total. The van der Waals surface area contributed by atoms with Gasteiger partial charge in [0.2, 0.25) is 11.8 Å². The number of thioether (sulfide) groups is 1. The number of amides is 2. The molecule has 2 aromatic carbocycles. The van der Waals surface area contributed by atoms with Crippen LogP contribution in [0.2, 0.25) is 5.02 Å². The first-order valence-corrected chi connectivity index (χ1v) is 12.1. The minimum atomic E-state index is -3.76. The number of halogens is 1. The second kappa shape index (κ2) is 9.28. The number of anilines is 2. The monoisotopic (exact) mass is 468 g/mol. The maximum absolute atomic E-state index is 12.9. The Kier molecular flexibility index (Phi) is 6.95. The predicted molar refractivity (Wildman–Crippen MR) is 118 cm³/mol. The molecule has 0 spiro atoms. The van der Waals surface area contributed by atoms with Crippen LogP contribution < -0.4 is 15.4 Å². The summed E-state index contributed by atoms with van der Waals surface area (Å²) in [6.45, 7) is 1.53. The molecule has 0 radical (unpaired) electrons. The van der Waals surface area contributed by atoms with Gasteiger partial charge in [-0.1, -0.05) is 18.5 Å². The number of carbonyl (C=O) groups excluding carboxylic acids is 2. The third kappa shape index (κ3) is 5.27. The molecule has 0 bridgehead atoms. The zero-order chi connectivity index (χ0) is 21.9. The summed E-state index contributed by atoms with van der Waals surface area (Å²) >= 11 is 7.46. The van der Waals surface area contributed by atoms with Crippen LogP contribution in [-0.2, 0) is 19.4 Å². The molecule has 2 N–H and O–H groups in total. The molecule has 2 aromatic rings. The maximum atomic E-state index is 12.9. The number of ether oxygens (including phenoxy) is 1. The van der Waals surface area contributed by atoms with Gasteiger partial charge in [0.1, 0.15) is 5.75 Å². The fourth-order valence-corrected chi connectivity index (χ4v) is 5.61. The molecular formula is C20H21ClN2O5S2. The van der Waals surface area contributed by atoms with Crippen molar-refractivity contribution >= 4 is 56.4 Å². The van der Waals surface area contributed by atoms with Gasteiger partial charge >= 0.3 is 0 Å². The van der Waals surface area contributed by atoms with Crippen molar-refractivity contribution in [1.29, 1.82) is 0 Å². The molecule has 1 aliphatic rings. The summed E-state index contributed by atoms with van der Waals surface area (Å²) in [5.41, 5.74) is 0.841. The van der Waals surface area contributed by atoms with Gasteiger partial charge in [-0.2, -0.15) is 0 Å². The number of sulfone groups is 1. The highest BCUT2D eigenvalue weighted by atomic mass is 35.5. The second-order valence-electron chi connectivity index (χ2n) is 6.82. The molecule has 0 fully saturated rings. The first-order valence-electron chi connectivity index (χ1n) is 9.13. The van der Waals surface area contributed by atoms with E-state index in [-0.39, 0.29) is 16.6 Å². The van der Waals surface area contributed by atoms with E-state index in [1.165, 1.54) is 44.0 Å². The maximum Gasteiger partial charge on any atom is 0.228 e. The molecule has 1 heterocycles. The van der Waals surface area contributed by atoms with Crippen molar-refractivity contribution in [2.75, 3.05) is 29.2 Å². The Balaban J connectivity index is 1.76. The van der Waals surface area contributed by atoms with Crippen LogP contribution in [0.4, 0.5) is 11.4 Å². The Hall–Kier alpha value is -2.23. The van der Waals surface area contributed by atoms with Crippen molar-refractivity contribution in [3.05, 3.63) is 41.4 Å². The second-order valence-corrected chi connectivity index (χ2v) is 10.4. The lowest BCUT2D eigenvalue weighted by atomic mass is 10.2. The number of methoxy groups -OCH3 is 1. The van der Waals surface area contributed by atoms with Crippen molar-refractivity contribution < 1.29 is 22.7 Å². The lowest BCUT2D eigenvalue weighted by molar-refractivity contribution is -0.119. The van der Waals surface area contributed by atoms with Crippen molar-refractivity contribution in [2.45, 2.75) is 23.1 Å². The average Bonchev–Trinajstić information content (AvgIpc) is 2.87. The van der Waals surface area contributed by atoms with Crippen LogP contribution in [0.3, 0.4) is 0 Å². The molecule has 30 heavy (non-hydrogen) atoms. The molecule has 2 amide bonds. The quantitative estimate of drug-likeness (QED) is 0.668. The largest absolute Gasteiger partial charge is 0.495 e. The summed E-state index contributed by atoms with van der Waals surface area (Å²) in [6.07, 6.45) is 0.367. The Morgan fingerprint density at radius 3 is 2.80 bits per heavy atom. The molecular weight excluding hydrogens is 448 g/mol. The summed E-state index contributed by atoms with van der Waals surface area (Å²) < 4.78 is 31.0. The zero-order valence-corrected chi connectivity index (χ0v) is 18.8. The number of hydrogen-bond acceptors (Lipinski definition) is 6. The van der Waals surface area contributed by atoms with Gasteiger partial charge in [0.25, 0.3) is 0 Å². The molecule has 0 aliphatic carbocycles. The SMILES string of the molecule is COc1ccc(Cl)cc1NC(=O)[C@H](C)CS(=O)(=O)c1ccc2c(c1)NC(=O)CCS2. The minimum Gasteiger partial charge on any atom is -0.495 e. The van der Waals surface area contributed by atoms with Crippen LogP contribution in [0.15, 0.2) is 46.2 Å². The molecule has 10 heteroatoms. The van der Waals surface area contributed by atoms with E-state index in [0.29, 0.717) is 34.3 Å². The van der Waals surface area contributed by atoms with Gasteiger partial charge in [0, 0.05) is 28.0 Å². The number of carbonyl (C=O) groups is 2. The van der Waals surface area contributed by atoms with Gasteiger partial charge in [-0.15, -0.1) is 11.8 Å². The van der Waals surface area contributed by atoms with Gasteiger partial charge in [-0.05, 0) is 36.4 Å². The van der Waals surface area contributed by atoms with E-state index in [1.807, 2.05) is 0 Å². The minimum absolute atomic E-state index is 0.0593. The predicted octanol–water partition coefficient (Wildman–Crippen LogP) is 3.83. The highest BCUT2D eigenvalue weighted by molar-refractivity contribution is 7.99. The normalized spacial score (nSPS) is 14.8. The molecule has 0 saturated heterocycles. The fraction of sp³-hybridized carbons (Fsp3) is 0.300. The van der Waals surface area contributed by atoms with Crippen molar-refractivity contribution in [3.63, 3.8) is 0 Å². The summed E-state index contributed by atoms with van der Waals surface area (Å²) in [7, 11) is -2.30. The van der Waals surface area contributed by atoms with E-state index in [0.717, 1.165) is 4.90 Å². The van der Waals surface area contributed by atoms with E-state index in [4.69, 9.17) is 16.3 Å². The molecule has 0 unspecified atom stereocenters. The Bertz CT molecular complexity index is 1090. The van der Waals surface area contributed by atoms with E-state index < -0.39 is 21.7 Å². The van der Waals surface area contributed by atoms with Crippen LogP contribution in [0.1, 0.15) is 13.3 Å². The topological polar surface area (TPSA) is 102 Å². The number of nitrogens with one attached hydrogen (secondary N) is 2. The van der Waals surface area contributed by atoms with Gasteiger partial charge < -0.3 is 15.4 Å². The van der Waals surface area contributed by atoms with E-state index in [1.54, 1.807) is 18.2 Å². The van der Waals surface area contributed by atoms with Gasteiger partial charge in [-0.25, -0.2) is 8.42 Å². The highest BCUT2D eigenvalue weighted by Gasteiger charge is 2.25. The van der Waals surface area contributed by atoms with E-state index >= 15 is 0 Å². The number of fused-ring (bicyclic) bond motifs is 1. The Morgan fingerprint density at radius 2 is 2.07 bits per heavy atom. The van der Waals surface area contributed by atoms with Crippen molar-refractivity contribution in [3.8, 4) is 5.75 Å². The lowest BCUT2D eigenvalue weighted by Crippen LogP contribution is -2.27. The highest BCUT2D eigenvalue weighted by Crippen LogP contribution is 2.33. The van der Waals surface area contributed by atoms with Crippen molar-refractivity contribution in [2.24, 2.45) is 5.92 Å². The van der Waals surface area contributed by atoms with Crippen LogP contribution in [0.25, 0.3) is 0 Å². The Morgan fingerprint density at radius 1 is 1.30 bits per heavy atom. The first kappa shape index (κ1) is 22.5. The lowest BCUT2D eigenvalue weighted by Gasteiger charge is -2.15. The summed E-state index contributed by atoms with van der Waals surface area (Å²) in [6, 6.07) is 9.40. The number of benzene rings is 2. The number of hydrogen-bond donors (Lipinski definition) is 2. The smallest absolute Gasteiger partial charge is 0.228 e. The summed E-state index contributed by atoms with van der Waals surface area (Å²) in [5.74, 6) is -0.795. The molecule has 0 saturated carbocycles. The summed E-state index contributed by atoms with van der Waals surface area (Å²) in [5, 5.41) is 5.81. The van der Waals surface area contributed by atoms with Crippen LogP contribution >= 0.6 is 23.4 Å². The van der Waals surface area contributed by atoms with Crippen molar-refractivity contribution in [1.82, 2.24) is 0 Å². The standard InChI is InChI=1S/C20H21ClN2O5S2/c1-12(20(25)23-15-9-13(21)3-5-17(15)28-2)11-30(26,27)14-4-6-18-16(10-14)22-19(24)7-8-29-18/h3-6,9-10,12H,7-8,11H2,1-2H3,(H,22,24)(H,23,25)/t12-/m1/s1. The van der Waals surface area contributed by atoms with E-state index in [2.05, 4.69) is 10.6 Å². The third-order valence-corrected chi connectivity index (χ3v) is 7.73. The molecule has 1 aliphatic heterocycles. The fourth-order valence-electron chi connectivity index (χ4n) is 2.93. The van der Waals surface area contributed by atoms with Crippen LogP contribution in [0, 0.1) is 5.92 Å². The third-order valence-electron chi connectivity index (χ3n) is 4.51. The first-order chi connectivity index (χ1) is 14.2. The molecule has 160 valence electrons.